The molecule has 0 aromatic heterocycles. The molecule has 0 unspecified atom stereocenters. The molecule has 1 heterocycles. The summed E-state index contributed by atoms with van der Waals surface area (Å²) >= 11 is 0. The van der Waals surface area contributed by atoms with E-state index in [2.05, 4.69) is 9.73 Å². The topological polar surface area (TPSA) is 38.7 Å². The van der Waals surface area contributed by atoms with Crippen LogP contribution in [-0.2, 0) is 4.74 Å². The lowest BCUT2D eigenvalue weighted by molar-refractivity contribution is 0.181. The van der Waals surface area contributed by atoms with E-state index in [0.717, 1.165) is 0 Å². The predicted molar refractivity (Wildman–Crippen MR) is 44.3 cm³/mol. The van der Waals surface area contributed by atoms with Crippen molar-refractivity contribution < 1.29 is 13.9 Å². The molecule has 1 aliphatic rings. The van der Waals surface area contributed by atoms with Crippen molar-refractivity contribution in [2.24, 2.45) is 4.99 Å². The number of amides is 1. The minimum Gasteiger partial charge on any atom is -0.441 e. The Morgan fingerprint density at radius 2 is 2.00 bits per heavy atom. The average Bonchev–Trinajstić information content (AvgIpc) is 2.53. The largest absolute Gasteiger partial charge is 0.441 e. The van der Waals surface area contributed by atoms with Crippen molar-refractivity contribution in [3.63, 3.8) is 0 Å². The first-order valence-corrected chi connectivity index (χ1v) is 3.76. The molecule has 0 atom stereocenters. The summed E-state index contributed by atoms with van der Waals surface area (Å²) < 4.78 is 17.1. The summed E-state index contributed by atoms with van der Waals surface area (Å²) in [6, 6.07) is 5.77. The van der Waals surface area contributed by atoms with Gasteiger partial charge in [0.25, 0.3) is 0 Å². The van der Waals surface area contributed by atoms with Gasteiger partial charge in [-0.05, 0) is 17.7 Å². The normalized spacial score (nSPS) is 15.5. The molecular formula is C9H6FNO2. The van der Waals surface area contributed by atoms with Crippen molar-refractivity contribution in [1.29, 1.82) is 0 Å². The van der Waals surface area contributed by atoms with Gasteiger partial charge in [0.1, 0.15) is 12.4 Å². The van der Waals surface area contributed by atoms with E-state index in [1.807, 2.05) is 0 Å². The molecule has 0 saturated heterocycles. The van der Waals surface area contributed by atoms with Crippen LogP contribution in [0.5, 0.6) is 0 Å². The minimum atomic E-state index is -0.584. The molecule has 0 aliphatic carbocycles. The quantitative estimate of drug-likeness (QED) is 0.658. The predicted octanol–water partition coefficient (Wildman–Crippen LogP) is 1.76. The zero-order valence-electron chi connectivity index (χ0n) is 6.66. The van der Waals surface area contributed by atoms with E-state index in [0.29, 0.717) is 11.3 Å². The van der Waals surface area contributed by atoms with E-state index in [4.69, 9.17) is 0 Å². The first-order valence-electron chi connectivity index (χ1n) is 3.76. The van der Waals surface area contributed by atoms with E-state index in [1.54, 1.807) is 12.1 Å². The van der Waals surface area contributed by atoms with Crippen LogP contribution in [0, 0.1) is 5.82 Å². The van der Waals surface area contributed by atoms with Gasteiger partial charge in [0.2, 0.25) is 0 Å². The fourth-order valence-electron chi connectivity index (χ4n) is 1.09. The molecule has 0 fully saturated rings. The fourth-order valence-corrected chi connectivity index (χ4v) is 1.09. The standard InChI is InChI=1S/C9H6FNO2/c10-7-3-1-6(2-4-7)8-5-13-9(12)11-8/h1-4H,5H2. The number of cyclic esters (lactones) is 1. The van der Waals surface area contributed by atoms with Crippen LogP contribution in [0.3, 0.4) is 0 Å². The van der Waals surface area contributed by atoms with Crippen molar-refractivity contribution in [3.05, 3.63) is 35.6 Å². The number of rotatable bonds is 1. The maximum atomic E-state index is 12.5. The van der Waals surface area contributed by atoms with Gasteiger partial charge in [-0.1, -0.05) is 12.1 Å². The number of nitrogens with zero attached hydrogens (tertiary/aromatic N) is 1. The smallest absolute Gasteiger partial charge is 0.434 e. The second-order valence-corrected chi connectivity index (χ2v) is 2.62. The van der Waals surface area contributed by atoms with Gasteiger partial charge in [0, 0.05) is 0 Å². The van der Waals surface area contributed by atoms with Crippen LogP contribution < -0.4 is 0 Å². The number of aliphatic imine (C=N–C) groups is 1. The van der Waals surface area contributed by atoms with Crippen LogP contribution in [0.1, 0.15) is 5.56 Å². The van der Waals surface area contributed by atoms with E-state index in [9.17, 15) is 9.18 Å². The Balaban J connectivity index is 2.31. The number of carbonyl (C=O) groups excluding carboxylic acids is 1. The van der Waals surface area contributed by atoms with Crippen molar-refractivity contribution in [3.8, 4) is 0 Å². The molecule has 1 aromatic carbocycles. The number of carbonyl (C=O) groups is 1. The van der Waals surface area contributed by atoms with E-state index in [1.165, 1.54) is 12.1 Å². The van der Waals surface area contributed by atoms with E-state index < -0.39 is 6.09 Å². The number of hydrogen-bond donors (Lipinski definition) is 0. The molecule has 3 nitrogen and oxygen atoms in total. The molecule has 1 aromatic rings. The summed E-state index contributed by atoms with van der Waals surface area (Å²) in [4.78, 5) is 14.2. The number of benzene rings is 1. The molecule has 0 N–H and O–H groups in total. The molecule has 1 amide bonds. The lowest BCUT2D eigenvalue weighted by atomic mass is 10.1. The third-order valence-corrected chi connectivity index (χ3v) is 1.74. The van der Waals surface area contributed by atoms with Gasteiger partial charge in [-0.3, -0.25) is 0 Å². The molecular weight excluding hydrogens is 173 g/mol. The van der Waals surface area contributed by atoms with Crippen molar-refractivity contribution in [1.82, 2.24) is 0 Å². The van der Waals surface area contributed by atoms with Crippen LogP contribution in [0.2, 0.25) is 0 Å². The Kier molecular flexibility index (Phi) is 1.81. The Morgan fingerprint density at radius 1 is 1.31 bits per heavy atom. The Morgan fingerprint density at radius 3 is 2.54 bits per heavy atom. The van der Waals surface area contributed by atoms with Gasteiger partial charge in [-0.2, -0.15) is 4.99 Å². The van der Waals surface area contributed by atoms with Crippen LogP contribution in [0.15, 0.2) is 29.3 Å². The summed E-state index contributed by atoms with van der Waals surface area (Å²) in [7, 11) is 0. The molecule has 0 saturated carbocycles. The Bertz CT molecular complexity index is 370. The van der Waals surface area contributed by atoms with Gasteiger partial charge < -0.3 is 4.74 Å². The molecule has 1 aliphatic heterocycles. The van der Waals surface area contributed by atoms with Crippen LogP contribution >= 0.6 is 0 Å². The number of halogens is 1. The Hall–Kier alpha value is -1.71. The third-order valence-electron chi connectivity index (χ3n) is 1.74. The lowest BCUT2D eigenvalue weighted by Crippen LogP contribution is -2.02. The van der Waals surface area contributed by atoms with Gasteiger partial charge >= 0.3 is 6.09 Å². The highest BCUT2D eigenvalue weighted by Gasteiger charge is 2.15. The Labute approximate surface area is 73.9 Å². The van der Waals surface area contributed by atoms with Gasteiger partial charge in [-0.25, -0.2) is 9.18 Å². The van der Waals surface area contributed by atoms with Crippen LogP contribution in [-0.4, -0.2) is 18.4 Å². The average molecular weight is 179 g/mol. The van der Waals surface area contributed by atoms with Crippen LogP contribution in [0.4, 0.5) is 9.18 Å². The lowest BCUT2D eigenvalue weighted by Gasteiger charge is -1.96. The molecule has 66 valence electrons. The van der Waals surface area contributed by atoms with E-state index >= 15 is 0 Å². The SMILES string of the molecule is O=C1N=C(c2ccc(F)cc2)CO1. The molecule has 0 spiro atoms. The number of ether oxygens (including phenoxy) is 1. The second kappa shape index (κ2) is 2.97. The number of hydrogen-bond acceptors (Lipinski definition) is 2. The maximum Gasteiger partial charge on any atom is 0.434 e. The molecule has 0 radical (unpaired) electrons. The molecule has 2 rings (SSSR count). The highest BCUT2D eigenvalue weighted by molar-refractivity contribution is 6.09. The molecule has 4 heteroatoms. The van der Waals surface area contributed by atoms with Gasteiger partial charge in [0.05, 0.1) is 5.71 Å². The summed E-state index contributed by atoms with van der Waals surface area (Å²) in [5.41, 5.74) is 1.26. The minimum absolute atomic E-state index is 0.171. The second-order valence-electron chi connectivity index (χ2n) is 2.62. The zero-order valence-corrected chi connectivity index (χ0v) is 6.66. The summed E-state index contributed by atoms with van der Waals surface area (Å²) in [6.07, 6.45) is -0.584. The highest BCUT2D eigenvalue weighted by atomic mass is 19.1. The molecule has 13 heavy (non-hydrogen) atoms. The zero-order chi connectivity index (χ0) is 9.26. The van der Waals surface area contributed by atoms with E-state index in [-0.39, 0.29) is 12.4 Å². The van der Waals surface area contributed by atoms with Crippen molar-refractivity contribution in [2.75, 3.05) is 6.61 Å². The van der Waals surface area contributed by atoms with Crippen molar-refractivity contribution >= 4 is 11.8 Å². The van der Waals surface area contributed by atoms with Gasteiger partial charge in [-0.15, -0.1) is 0 Å². The van der Waals surface area contributed by atoms with Crippen LogP contribution in [0.25, 0.3) is 0 Å². The highest BCUT2D eigenvalue weighted by Crippen LogP contribution is 2.09. The summed E-state index contributed by atoms with van der Waals surface area (Å²) in [6.45, 7) is 0.171. The summed E-state index contributed by atoms with van der Waals surface area (Å²) in [5.74, 6) is -0.311. The monoisotopic (exact) mass is 179 g/mol. The fraction of sp³-hybridized carbons (Fsp3) is 0.111. The van der Waals surface area contributed by atoms with Crippen molar-refractivity contribution in [2.45, 2.75) is 0 Å². The summed E-state index contributed by atoms with van der Waals surface area (Å²) in [5, 5.41) is 0. The first kappa shape index (κ1) is 7.91. The molecule has 0 bridgehead atoms. The first-order chi connectivity index (χ1) is 6.25. The van der Waals surface area contributed by atoms with Gasteiger partial charge in [0.15, 0.2) is 0 Å². The maximum absolute atomic E-state index is 12.5. The third kappa shape index (κ3) is 1.56.